The molecule has 0 spiro atoms. The average Bonchev–Trinajstić information content (AvgIpc) is 3.22. The highest BCUT2D eigenvalue weighted by Gasteiger charge is 2.28. The Morgan fingerprint density at radius 3 is 2.60 bits per heavy atom. The number of rotatable bonds is 6. The molecule has 0 N–H and O–H groups in total. The summed E-state index contributed by atoms with van der Waals surface area (Å²) >= 11 is 6.10. The zero-order chi connectivity index (χ0) is 20.9. The van der Waals surface area contributed by atoms with Gasteiger partial charge in [-0.15, -0.1) is 0 Å². The van der Waals surface area contributed by atoms with Crippen LogP contribution in [-0.2, 0) is 11.4 Å². The van der Waals surface area contributed by atoms with Gasteiger partial charge >= 0.3 is 0 Å². The predicted molar refractivity (Wildman–Crippen MR) is 115 cm³/mol. The van der Waals surface area contributed by atoms with E-state index < -0.39 is 11.7 Å². The molecule has 6 heteroatoms. The van der Waals surface area contributed by atoms with Gasteiger partial charge < -0.3 is 9.74 Å². The lowest BCUT2D eigenvalue weighted by molar-refractivity contribution is 0.0402. The lowest BCUT2D eigenvalue weighted by Gasteiger charge is -2.25. The fourth-order valence-corrected chi connectivity index (χ4v) is 3.67. The van der Waals surface area contributed by atoms with Crippen LogP contribution < -0.4 is 0 Å². The zero-order valence-electron chi connectivity index (χ0n) is 16.2. The van der Waals surface area contributed by atoms with E-state index in [-0.39, 0.29) is 24.8 Å². The first-order valence-corrected chi connectivity index (χ1v) is 10.0. The second-order valence-electron chi connectivity index (χ2n) is 7.13. The van der Waals surface area contributed by atoms with E-state index in [2.05, 4.69) is 5.16 Å². The minimum absolute atomic E-state index is 0.0294. The molecule has 4 nitrogen and oxygen atoms in total. The third-order valence-corrected chi connectivity index (χ3v) is 5.15. The van der Waals surface area contributed by atoms with Gasteiger partial charge in [-0.05, 0) is 35.4 Å². The number of nitrogens with zero attached hydrogens (tertiary/aromatic N) is 2. The number of halogens is 2. The molecule has 0 unspecified atom stereocenters. The summed E-state index contributed by atoms with van der Waals surface area (Å²) in [5.41, 5.74) is 2.71. The Morgan fingerprint density at radius 2 is 1.83 bits per heavy atom. The fraction of sp³-hybridized carbons (Fsp3) is 0.167. The molecule has 0 bridgehead atoms. The molecule has 1 heterocycles. The Hall–Kier alpha value is -3.18. The van der Waals surface area contributed by atoms with Gasteiger partial charge in [0.05, 0.1) is 17.8 Å². The number of benzene rings is 3. The summed E-state index contributed by atoms with van der Waals surface area (Å²) in [6.07, 6.45) is 0.260. The number of oxime groups is 1. The van der Waals surface area contributed by atoms with Crippen molar-refractivity contribution in [2.75, 3.05) is 6.54 Å². The number of amides is 1. The molecule has 0 aromatic heterocycles. The second kappa shape index (κ2) is 9.09. The maximum Gasteiger partial charge on any atom is 0.257 e. The molecule has 30 heavy (non-hydrogen) atoms. The van der Waals surface area contributed by atoms with E-state index in [1.54, 1.807) is 29.2 Å². The third-order valence-electron chi connectivity index (χ3n) is 4.92. The molecule has 1 atom stereocenters. The van der Waals surface area contributed by atoms with E-state index in [9.17, 15) is 9.18 Å². The van der Waals surface area contributed by atoms with Crippen LogP contribution in [0.15, 0.2) is 84.0 Å². The van der Waals surface area contributed by atoms with Crippen molar-refractivity contribution in [2.24, 2.45) is 5.16 Å². The Bertz CT molecular complexity index is 1070. The van der Waals surface area contributed by atoms with E-state index in [4.69, 9.17) is 16.4 Å². The second-order valence-corrected chi connectivity index (χ2v) is 7.57. The minimum atomic E-state index is -0.549. The van der Waals surface area contributed by atoms with Crippen molar-refractivity contribution in [2.45, 2.75) is 19.1 Å². The molecule has 152 valence electrons. The van der Waals surface area contributed by atoms with Crippen LogP contribution in [0, 0.1) is 5.82 Å². The number of hydrogen-bond donors (Lipinski definition) is 0. The molecule has 4 rings (SSSR count). The summed E-state index contributed by atoms with van der Waals surface area (Å²) in [5.74, 6) is -0.947. The monoisotopic (exact) mass is 422 g/mol. The van der Waals surface area contributed by atoms with Gasteiger partial charge in [0.1, 0.15) is 5.82 Å². The Balaban J connectivity index is 1.53. The summed E-state index contributed by atoms with van der Waals surface area (Å²) in [6.45, 7) is 0.563. The SMILES string of the molecule is O=C(c1ccccc1F)N(Cc1cccc(Cl)c1)C[C@H]1CC(c2ccccc2)=NO1. The van der Waals surface area contributed by atoms with Crippen LogP contribution in [0.2, 0.25) is 5.02 Å². The maximum absolute atomic E-state index is 14.3. The zero-order valence-corrected chi connectivity index (χ0v) is 16.9. The molecule has 0 saturated heterocycles. The fourth-order valence-electron chi connectivity index (χ4n) is 3.45. The molecule has 0 aliphatic carbocycles. The summed E-state index contributed by atoms with van der Waals surface area (Å²) in [7, 11) is 0. The molecule has 1 aliphatic heterocycles. The van der Waals surface area contributed by atoms with Crippen molar-refractivity contribution in [3.8, 4) is 0 Å². The molecule has 0 fully saturated rings. The van der Waals surface area contributed by atoms with Crippen molar-refractivity contribution in [3.63, 3.8) is 0 Å². The van der Waals surface area contributed by atoms with Gasteiger partial charge in [-0.1, -0.05) is 71.4 Å². The quantitative estimate of drug-likeness (QED) is 0.540. The van der Waals surface area contributed by atoms with Crippen LogP contribution in [-0.4, -0.2) is 29.2 Å². The van der Waals surface area contributed by atoms with Crippen molar-refractivity contribution in [1.29, 1.82) is 0 Å². The van der Waals surface area contributed by atoms with Gasteiger partial charge in [0.2, 0.25) is 0 Å². The van der Waals surface area contributed by atoms with E-state index in [1.807, 2.05) is 42.5 Å². The summed E-state index contributed by atoms with van der Waals surface area (Å²) in [5, 5.41) is 4.78. The predicted octanol–water partition coefficient (Wildman–Crippen LogP) is 5.31. The van der Waals surface area contributed by atoms with E-state index in [0.29, 0.717) is 11.4 Å². The van der Waals surface area contributed by atoms with Gasteiger partial charge in [0.15, 0.2) is 6.10 Å². The first kappa shape index (κ1) is 20.1. The highest BCUT2D eigenvalue weighted by atomic mass is 35.5. The van der Waals surface area contributed by atoms with E-state index in [0.717, 1.165) is 16.8 Å². The van der Waals surface area contributed by atoms with Crippen molar-refractivity contribution >= 4 is 23.2 Å². The molecule has 3 aromatic rings. The Morgan fingerprint density at radius 1 is 1.07 bits per heavy atom. The van der Waals surface area contributed by atoms with Crippen LogP contribution in [0.4, 0.5) is 4.39 Å². The number of carbonyl (C=O) groups excluding carboxylic acids is 1. The minimum Gasteiger partial charge on any atom is -0.390 e. The topological polar surface area (TPSA) is 41.9 Å². The summed E-state index contributed by atoms with van der Waals surface area (Å²) in [6, 6.07) is 23.0. The van der Waals surface area contributed by atoms with Crippen molar-refractivity contribution in [3.05, 3.63) is 106 Å². The largest absolute Gasteiger partial charge is 0.390 e. The molecule has 1 aliphatic rings. The van der Waals surface area contributed by atoms with Crippen LogP contribution in [0.5, 0.6) is 0 Å². The highest BCUT2D eigenvalue weighted by Crippen LogP contribution is 2.21. The molecular formula is C24H20ClFN2O2. The molecule has 1 amide bonds. The van der Waals surface area contributed by atoms with E-state index >= 15 is 0 Å². The highest BCUT2D eigenvalue weighted by molar-refractivity contribution is 6.30. The lowest BCUT2D eigenvalue weighted by atomic mass is 10.0. The van der Waals surface area contributed by atoms with Crippen LogP contribution in [0.25, 0.3) is 0 Å². The van der Waals surface area contributed by atoms with Gasteiger partial charge in [-0.25, -0.2) is 4.39 Å². The maximum atomic E-state index is 14.3. The van der Waals surface area contributed by atoms with Gasteiger partial charge in [0.25, 0.3) is 5.91 Å². The smallest absolute Gasteiger partial charge is 0.257 e. The standard InChI is InChI=1S/C24H20ClFN2O2/c25-19-10-6-7-17(13-19)15-28(24(29)21-11-4-5-12-22(21)26)16-20-14-23(27-30-20)18-8-2-1-3-9-18/h1-13,20H,14-16H2/t20-/m1/s1. The third kappa shape index (κ3) is 4.69. The van der Waals surface area contributed by atoms with Gasteiger partial charge in [-0.2, -0.15) is 0 Å². The lowest BCUT2D eigenvalue weighted by Crippen LogP contribution is -2.37. The first-order valence-electron chi connectivity index (χ1n) is 9.66. The van der Waals surface area contributed by atoms with Crippen LogP contribution in [0.1, 0.15) is 27.9 Å². The summed E-state index contributed by atoms with van der Waals surface area (Å²) < 4.78 is 14.3. The molecule has 3 aromatic carbocycles. The average molecular weight is 423 g/mol. The van der Waals surface area contributed by atoms with Crippen molar-refractivity contribution in [1.82, 2.24) is 4.90 Å². The molecule has 0 radical (unpaired) electrons. The Labute approximate surface area is 179 Å². The van der Waals surface area contributed by atoms with Crippen LogP contribution >= 0.6 is 11.6 Å². The van der Waals surface area contributed by atoms with Crippen molar-refractivity contribution < 1.29 is 14.0 Å². The Kier molecular flexibility index (Phi) is 6.10. The first-order chi connectivity index (χ1) is 14.6. The van der Waals surface area contributed by atoms with E-state index in [1.165, 1.54) is 12.1 Å². The summed E-state index contributed by atoms with van der Waals surface area (Å²) in [4.78, 5) is 20.3. The van der Waals surface area contributed by atoms with Crippen LogP contribution in [0.3, 0.4) is 0 Å². The molecule has 0 saturated carbocycles. The molecular weight excluding hydrogens is 403 g/mol. The number of hydrogen-bond acceptors (Lipinski definition) is 3. The van der Waals surface area contributed by atoms with Gasteiger partial charge in [0, 0.05) is 18.0 Å². The normalized spacial score (nSPS) is 15.4. The number of carbonyl (C=O) groups is 1. The van der Waals surface area contributed by atoms with Gasteiger partial charge in [-0.3, -0.25) is 4.79 Å².